The fourth-order valence-electron chi connectivity index (χ4n) is 2.88. The fraction of sp³-hybridized carbons (Fsp3) is 0.500. The number of hydrogen-bond donors (Lipinski definition) is 1. The number of hydrogen-bond acceptors (Lipinski definition) is 4. The Kier molecular flexibility index (Phi) is 5.23. The third-order valence-electron chi connectivity index (χ3n) is 4.04. The molecule has 1 N–H and O–H groups in total. The molecule has 0 saturated heterocycles. The molecule has 1 aliphatic rings. The minimum absolute atomic E-state index is 0.0630. The number of amides is 1. The number of nitrogens with zero attached hydrogens (tertiary/aromatic N) is 4. The Labute approximate surface area is 140 Å². The lowest BCUT2D eigenvalue weighted by Crippen LogP contribution is -2.37. The molecule has 0 unspecified atom stereocenters. The molecule has 1 heterocycles. The van der Waals surface area contributed by atoms with E-state index in [0.717, 1.165) is 18.4 Å². The number of aromatic nitrogens is 4. The number of carbonyl (C=O) groups excluding carboxylic acids is 1. The monoisotopic (exact) mass is 333 g/mol. The molecule has 0 bridgehead atoms. The van der Waals surface area contributed by atoms with Crippen LogP contribution in [0.5, 0.6) is 0 Å². The van der Waals surface area contributed by atoms with Gasteiger partial charge in [0.05, 0.1) is 0 Å². The van der Waals surface area contributed by atoms with Crippen molar-refractivity contribution in [3.05, 3.63) is 29.3 Å². The second-order valence-electron chi connectivity index (χ2n) is 5.91. The first kappa shape index (κ1) is 15.9. The van der Waals surface area contributed by atoms with Crippen LogP contribution in [-0.4, -0.2) is 32.2 Å². The summed E-state index contributed by atoms with van der Waals surface area (Å²) in [7, 11) is 0. The molecule has 6 nitrogen and oxygen atoms in total. The Morgan fingerprint density at radius 2 is 2.04 bits per heavy atom. The van der Waals surface area contributed by atoms with E-state index in [9.17, 15) is 4.79 Å². The lowest BCUT2D eigenvalue weighted by atomic mass is 10.1. The highest BCUT2D eigenvalue weighted by atomic mass is 35.5. The molecule has 0 aliphatic heterocycles. The van der Waals surface area contributed by atoms with E-state index in [1.54, 1.807) is 12.1 Å². The number of tetrazole rings is 1. The Hall–Kier alpha value is -1.95. The second kappa shape index (κ2) is 7.55. The minimum Gasteiger partial charge on any atom is -0.352 e. The van der Waals surface area contributed by atoms with Gasteiger partial charge in [0.1, 0.15) is 6.54 Å². The lowest BCUT2D eigenvalue weighted by Gasteiger charge is -2.15. The van der Waals surface area contributed by atoms with Crippen LogP contribution in [0.15, 0.2) is 24.3 Å². The maximum Gasteiger partial charge on any atom is 0.243 e. The van der Waals surface area contributed by atoms with Gasteiger partial charge < -0.3 is 5.32 Å². The van der Waals surface area contributed by atoms with E-state index in [1.165, 1.54) is 30.5 Å². The van der Waals surface area contributed by atoms with Crippen LogP contribution >= 0.6 is 11.6 Å². The van der Waals surface area contributed by atoms with Crippen molar-refractivity contribution in [1.29, 1.82) is 0 Å². The number of nitrogens with one attached hydrogen (secondary N) is 1. The summed E-state index contributed by atoms with van der Waals surface area (Å²) in [6.07, 6.45) is 7.02. The molecule has 0 atom stereocenters. The molecule has 1 aromatic carbocycles. The molecule has 2 aromatic rings. The van der Waals surface area contributed by atoms with Crippen molar-refractivity contribution in [2.75, 3.05) is 0 Å². The van der Waals surface area contributed by atoms with Crippen LogP contribution in [-0.2, 0) is 11.3 Å². The van der Waals surface area contributed by atoms with E-state index < -0.39 is 0 Å². The van der Waals surface area contributed by atoms with E-state index in [1.807, 2.05) is 12.1 Å². The standard InChI is InChI=1S/C16H20ClN5O/c17-13-7-5-6-12(10-13)16-19-21-22(20-16)11-15(23)18-14-8-3-1-2-4-9-14/h5-7,10,14H,1-4,8-9,11H2,(H,18,23). The first-order chi connectivity index (χ1) is 11.2. The normalized spacial score (nSPS) is 16.0. The Bertz CT molecular complexity index is 664. The van der Waals surface area contributed by atoms with Crippen LogP contribution < -0.4 is 5.32 Å². The quantitative estimate of drug-likeness (QED) is 0.873. The molecule has 7 heteroatoms. The summed E-state index contributed by atoms with van der Waals surface area (Å²) in [6, 6.07) is 7.53. The van der Waals surface area contributed by atoms with Gasteiger partial charge in [0.25, 0.3) is 0 Å². The van der Waals surface area contributed by atoms with E-state index in [0.29, 0.717) is 10.8 Å². The van der Waals surface area contributed by atoms with E-state index in [2.05, 4.69) is 20.7 Å². The second-order valence-corrected chi connectivity index (χ2v) is 6.35. The zero-order valence-corrected chi connectivity index (χ0v) is 13.7. The van der Waals surface area contributed by atoms with Gasteiger partial charge in [-0.25, -0.2) is 0 Å². The van der Waals surface area contributed by atoms with Crippen LogP contribution in [0.1, 0.15) is 38.5 Å². The molecule has 0 radical (unpaired) electrons. The zero-order valence-electron chi connectivity index (χ0n) is 12.9. The fourth-order valence-corrected chi connectivity index (χ4v) is 3.07. The van der Waals surface area contributed by atoms with Crippen LogP contribution in [0.25, 0.3) is 11.4 Å². The number of carbonyl (C=O) groups is 1. The summed E-state index contributed by atoms with van der Waals surface area (Å²) < 4.78 is 0. The Balaban J connectivity index is 1.59. The highest BCUT2D eigenvalue weighted by Gasteiger charge is 2.16. The smallest absolute Gasteiger partial charge is 0.243 e. The van der Waals surface area contributed by atoms with Gasteiger partial charge in [-0.2, -0.15) is 4.80 Å². The van der Waals surface area contributed by atoms with Gasteiger partial charge in [0.15, 0.2) is 0 Å². The predicted octanol–water partition coefficient (Wildman–Crippen LogP) is 2.83. The average Bonchev–Trinajstić information content (AvgIpc) is 2.83. The zero-order chi connectivity index (χ0) is 16.1. The summed E-state index contributed by atoms with van der Waals surface area (Å²) in [5, 5.41) is 15.9. The molecule has 1 aliphatic carbocycles. The third-order valence-corrected chi connectivity index (χ3v) is 4.28. The average molecular weight is 334 g/mol. The highest BCUT2D eigenvalue weighted by molar-refractivity contribution is 6.30. The number of benzene rings is 1. The summed E-state index contributed by atoms with van der Waals surface area (Å²) in [5.41, 5.74) is 0.785. The van der Waals surface area contributed by atoms with Gasteiger partial charge in [0.2, 0.25) is 11.7 Å². The van der Waals surface area contributed by atoms with Crippen LogP contribution in [0.4, 0.5) is 0 Å². The predicted molar refractivity (Wildman–Crippen MR) is 87.9 cm³/mol. The summed E-state index contributed by atoms with van der Waals surface area (Å²) in [4.78, 5) is 13.5. The third kappa shape index (κ3) is 4.51. The van der Waals surface area contributed by atoms with Gasteiger partial charge in [0, 0.05) is 16.6 Å². The largest absolute Gasteiger partial charge is 0.352 e. The van der Waals surface area contributed by atoms with Crippen molar-refractivity contribution >= 4 is 17.5 Å². The summed E-state index contributed by atoms with van der Waals surface area (Å²) >= 11 is 5.96. The molecule has 1 fully saturated rings. The molecule has 3 rings (SSSR count). The van der Waals surface area contributed by atoms with Crippen molar-refractivity contribution in [2.24, 2.45) is 0 Å². The number of halogens is 1. The summed E-state index contributed by atoms with van der Waals surface area (Å²) in [5.74, 6) is 0.404. The van der Waals surface area contributed by atoms with Crippen molar-refractivity contribution in [2.45, 2.75) is 51.1 Å². The van der Waals surface area contributed by atoms with Gasteiger partial charge in [-0.3, -0.25) is 4.79 Å². The molecule has 1 amide bonds. The molecule has 0 spiro atoms. The van der Waals surface area contributed by atoms with E-state index in [-0.39, 0.29) is 18.5 Å². The van der Waals surface area contributed by atoms with Crippen LogP contribution in [0.2, 0.25) is 5.02 Å². The Morgan fingerprint density at radius 3 is 2.78 bits per heavy atom. The molecule has 1 aromatic heterocycles. The molecule has 1 saturated carbocycles. The maximum atomic E-state index is 12.1. The highest BCUT2D eigenvalue weighted by Crippen LogP contribution is 2.19. The van der Waals surface area contributed by atoms with E-state index in [4.69, 9.17) is 11.6 Å². The van der Waals surface area contributed by atoms with Crippen molar-refractivity contribution in [3.63, 3.8) is 0 Å². The Morgan fingerprint density at radius 1 is 1.26 bits per heavy atom. The lowest BCUT2D eigenvalue weighted by molar-refractivity contribution is -0.122. The molecule has 23 heavy (non-hydrogen) atoms. The minimum atomic E-state index is -0.0630. The molecule has 122 valence electrons. The summed E-state index contributed by atoms with van der Waals surface area (Å²) in [6.45, 7) is 0.0874. The van der Waals surface area contributed by atoms with Crippen LogP contribution in [0, 0.1) is 0 Å². The first-order valence-electron chi connectivity index (χ1n) is 8.04. The maximum absolute atomic E-state index is 12.1. The molecular formula is C16H20ClN5O. The van der Waals surface area contributed by atoms with Gasteiger partial charge >= 0.3 is 0 Å². The van der Waals surface area contributed by atoms with Crippen molar-refractivity contribution in [3.8, 4) is 11.4 Å². The van der Waals surface area contributed by atoms with Gasteiger partial charge in [-0.15, -0.1) is 10.2 Å². The van der Waals surface area contributed by atoms with Gasteiger partial charge in [-0.1, -0.05) is 49.4 Å². The topological polar surface area (TPSA) is 72.7 Å². The van der Waals surface area contributed by atoms with Gasteiger partial charge in [-0.05, 0) is 30.2 Å². The molecular weight excluding hydrogens is 314 g/mol. The van der Waals surface area contributed by atoms with Crippen molar-refractivity contribution < 1.29 is 4.79 Å². The van der Waals surface area contributed by atoms with Crippen molar-refractivity contribution in [1.82, 2.24) is 25.5 Å². The SMILES string of the molecule is O=C(Cn1nnc(-c2cccc(Cl)c2)n1)NC1CCCCCC1. The first-order valence-corrected chi connectivity index (χ1v) is 8.41. The van der Waals surface area contributed by atoms with E-state index >= 15 is 0 Å². The number of rotatable bonds is 4. The van der Waals surface area contributed by atoms with Crippen LogP contribution in [0.3, 0.4) is 0 Å².